The number of piperidine rings is 1. The van der Waals surface area contributed by atoms with Crippen LogP contribution in [0, 0.1) is 5.92 Å². The highest BCUT2D eigenvalue weighted by Crippen LogP contribution is 2.22. The first-order valence-corrected chi connectivity index (χ1v) is 7.30. The van der Waals surface area contributed by atoms with Gasteiger partial charge < -0.3 is 15.0 Å². The largest absolute Gasteiger partial charge is 0.481 e. The lowest BCUT2D eigenvalue weighted by Gasteiger charge is -2.33. The van der Waals surface area contributed by atoms with Gasteiger partial charge in [0.05, 0.1) is 7.11 Å². The molecule has 0 amide bonds. The van der Waals surface area contributed by atoms with Crippen molar-refractivity contribution in [3.05, 3.63) is 18.2 Å². The average molecular weight is 263 g/mol. The Morgan fingerprint density at radius 2 is 2.37 bits per heavy atom. The molecule has 1 fully saturated rings. The number of aromatic nitrogens is 1. The number of anilines is 1. The Balaban J connectivity index is 1.92. The van der Waals surface area contributed by atoms with E-state index in [1.165, 1.54) is 19.3 Å². The minimum atomic E-state index is 0.698. The number of hydrogen-bond acceptors (Lipinski definition) is 4. The number of methoxy groups -OCH3 is 1. The minimum absolute atomic E-state index is 0.698. The quantitative estimate of drug-likeness (QED) is 0.799. The summed E-state index contributed by atoms with van der Waals surface area (Å²) in [5, 5.41) is 3.53. The summed E-state index contributed by atoms with van der Waals surface area (Å²) in [6.45, 7) is 6.64. The maximum absolute atomic E-state index is 5.20. The number of nitrogens with zero attached hydrogens (tertiary/aromatic N) is 2. The van der Waals surface area contributed by atoms with E-state index in [9.17, 15) is 0 Å². The molecule has 0 aromatic carbocycles. The van der Waals surface area contributed by atoms with Crippen LogP contribution in [0.15, 0.2) is 18.2 Å². The minimum Gasteiger partial charge on any atom is -0.481 e. The summed E-state index contributed by atoms with van der Waals surface area (Å²) >= 11 is 0. The first-order chi connectivity index (χ1) is 9.33. The molecule has 1 N–H and O–H groups in total. The van der Waals surface area contributed by atoms with Gasteiger partial charge in [0.1, 0.15) is 5.82 Å². The van der Waals surface area contributed by atoms with Crippen molar-refractivity contribution in [3.63, 3.8) is 0 Å². The molecule has 0 spiro atoms. The van der Waals surface area contributed by atoms with E-state index in [1.54, 1.807) is 7.11 Å². The lowest BCUT2D eigenvalue weighted by atomic mass is 9.98. The molecule has 1 aliphatic heterocycles. The van der Waals surface area contributed by atoms with Crippen LogP contribution in [0.3, 0.4) is 0 Å². The summed E-state index contributed by atoms with van der Waals surface area (Å²) < 4.78 is 5.20. The van der Waals surface area contributed by atoms with Crippen LogP contribution in [-0.2, 0) is 0 Å². The number of ether oxygens (including phenoxy) is 1. The van der Waals surface area contributed by atoms with E-state index >= 15 is 0 Å². The molecule has 19 heavy (non-hydrogen) atoms. The second kappa shape index (κ2) is 7.34. The highest BCUT2D eigenvalue weighted by atomic mass is 16.5. The molecule has 0 radical (unpaired) electrons. The standard InChI is InChI=1S/C15H25N3O/c1-3-9-16-11-13-6-5-10-18(12-13)14-7-4-8-15(17-14)19-2/h4,7-8,13,16H,3,5-6,9-12H2,1-2H3. The molecule has 4 heteroatoms. The summed E-state index contributed by atoms with van der Waals surface area (Å²) in [6.07, 6.45) is 3.77. The van der Waals surface area contributed by atoms with Crippen molar-refractivity contribution in [2.45, 2.75) is 26.2 Å². The summed E-state index contributed by atoms with van der Waals surface area (Å²) in [5.41, 5.74) is 0. The number of rotatable bonds is 6. The van der Waals surface area contributed by atoms with Gasteiger partial charge in [0.15, 0.2) is 0 Å². The van der Waals surface area contributed by atoms with E-state index in [1.807, 2.05) is 12.1 Å². The second-order valence-electron chi connectivity index (χ2n) is 5.20. The maximum Gasteiger partial charge on any atom is 0.214 e. The van der Waals surface area contributed by atoms with E-state index in [4.69, 9.17) is 4.74 Å². The molecule has 1 atom stereocenters. The third-order valence-electron chi connectivity index (χ3n) is 3.62. The average Bonchev–Trinajstić information content (AvgIpc) is 2.48. The van der Waals surface area contributed by atoms with Crippen molar-refractivity contribution in [2.24, 2.45) is 5.92 Å². The topological polar surface area (TPSA) is 37.4 Å². The number of pyridine rings is 1. The fourth-order valence-electron chi connectivity index (χ4n) is 2.62. The van der Waals surface area contributed by atoms with Crippen LogP contribution in [0.25, 0.3) is 0 Å². The zero-order chi connectivity index (χ0) is 13.5. The molecule has 4 nitrogen and oxygen atoms in total. The normalized spacial score (nSPS) is 19.5. The van der Waals surface area contributed by atoms with Gasteiger partial charge in [-0.05, 0) is 44.3 Å². The zero-order valence-corrected chi connectivity index (χ0v) is 12.1. The van der Waals surface area contributed by atoms with Gasteiger partial charge in [-0.25, -0.2) is 0 Å². The monoisotopic (exact) mass is 263 g/mol. The zero-order valence-electron chi connectivity index (χ0n) is 12.1. The van der Waals surface area contributed by atoms with E-state index in [-0.39, 0.29) is 0 Å². The van der Waals surface area contributed by atoms with Crippen LogP contribution < -0.4 is 15.0 Å². The van der Waals surface area contributed by atoms with Gasteiger partial charge in [0, 0.05) is 19.2 Å². The van der Waals surface area contributed by atoms with E-state index < -0.39 is 0 Å². The van der Waals surface area contributed by atoms with Crippen LogP contribution in [0.4, 0.5) is 5.82 Å². The van der Waals surface area contributed by atoms with Crippen LogP contribution in [-0.4, -0.2) is 38.3 Å². The lowest BCUT2D eigenvalue weighted by Crippen LogP contribution is -2.40. The van der Waals surface area contributed by atoms with Gasteiger partial charge in [0.2, 0.25) is 5.88 Å². The highest BCUT2D eigenvalue weighted by Gasteiger charge is 2.20. The Morgan fingerprint density at radius 3 is 3.16 bits per heavy atom. The third-order valence-corrected chi connectivity index (χ3v) is 3.62. The van der Waals surface area contributed by atoms with Gasteiger partial charge in [-0.1, -0.05) is 13.0 Å². The predicted octanol–water partition coefficient (Wildman–Crippen LogP) is 2.31. The molecule has 1 aliphatic rings. The fourth-order valence-corrected chi connectivity index (χ4v) is 2.62. The molecule has 1 aromatic rings. The molecule has 0 bridgehead atoms. The smallest absolute Gasteiger partial charge is 0.214 e. The predicted molar refractivity (Wildman–Crippen MR) is 78.9 cm³/mol. The fraction of sp³-hybridized carbons (Fsp3) is 0.667. The van der Waals surface area contributed by atoms with Crippen LogP contribution in [0.5, 0.6) is 5.88 Å². The Labute approximate surface area is 116 Å². The third kappa shape index (κ3) is 4.10. The van der Waals surface area contributed by atoms with Crippen LogP contribution >= 0.6 is 0 Å². The first kappa shape index (κ1) is 14.1. The SMILES string of the molecule is CCCNCC1CCCN(c2cccc(OC)n2)C1. The molecular formula is C15H25N3O. The number of nitrogens with one attached hydrogen (secondary N) is 1. The molecule has 106 valence electrons. The molecule has 2 heterocycles. The number of hydrogen-bond donors (Lipinski definition) is 1. The molecular weight excluding hydrogens is 238 g/mol. The molecule has 0 saturated carbocycles. The van der Waals surface area contributed by atoms with Gasteiger partial charge in [0.25, 0.3) is 0 Å². The summed E-state index contributed by atoms with van der Waals surface area (Å²) in [4.78, 5) is 6.91. The lowest BCUT2D eigenvalue weighted by molar-refractivity contribution is 0.383. The molecule has 2 rings (SSSR count). The van der Waals surface area contributed by atoms with Crippen molar-refractivity contribution in [2.75, 3.05) is 38.2 Å². The molecule has 1 unspecified atom stereocenters. The van der Waals surface area contributed by atoms with Crippen molar-refractivity contribution in [3.8, 4) is 5.88 Å². The Kier molecular flexibility index (Phi) is 5.45. The van der Waals surface area contributed by atoms with Gasteiger partial charge in [-0.15, -0.1) is 0 Å². The Bertz CT molecular complexity index is 383. The maximum atomic E-state index is 5.20. The van der Waals surface area contributed by atoms with Gasteiger partial charge in [-0.2, -0.15) is 4.98 Å². The van der Waals surface area contributed by atoms with Gasteiger partial charge in [-0.3, -0.25) is 0 Å². The summed E-state index contributed by atoms with van der Waals surface area (Å²) in [6, 6.07) is 5.98. The first-order valence-electron chi connectivity index (χ1n) is 7.30. The van der Waals surface area contributed by atoms with E-state index in [2.05, 4.69) is 28.2 Å². The highest BCUT2D eigenvalue weighted by molar-refractivity contribution is 5.41. The Morgan fingerprint density at radius 1 is 1.47 bits per heavy atom. The molecule has 1 aromatic heterocycles. The van der Waals surface area contributed by atoms with Crippen LogP contribution in [0.2, 0.25) is 0 Å². The summed E-state index contributed by atoms with van der Waals surface area (Å²) in [5.74, 6) is 2.47. The van der Waals surface area contributed by atoms with E-state index in [0.717, 1.165) is 37.9 Å². The van der Waals surface area contributed by atoms with Gasteiger partial charge >= 0.3 is 0 Å². The molecule has 1 saturated heterocycles. The summed E-state index contributed by atoms with van der Waals surface area (Å²) in [7, 11) is 1.67. The van der Waals surface area contributed by atoms with Crippen molar-refractivity contribution >= 4 is 5.82 Å². The van der Waals surface area contributed by atoms with Crippen LogP contribution in [0.1, 0.15) is 26.2 Å². The Hall–Kier alpha value is -1.29. The van der Waals surface area contributed by atoms with Crippen molar-refractivity contribution in [1.82, 2.24) is 10.3 Å². The second-order valence-corrected chi connectivity index (χ2v) is 5.20. The van der Waals surface area contributed by atoms with Crippen molar-refractivity contribution in [1.29, 1.82) is 0 Å². The molecule has 0 aliphatic carbocycles. The van der Waals surface area contributed by atoms with E-state index in [0.29, 0.717) is 5.88 Å². The van der Waals surface area contributed by atoms with Crippen molar-refractivity contribution < 1.29 is 4.74 Å².